The third kappa shape index (κ3) is 2.32. The molecule has 7 heteroatoms. The van der Waals surface area contributed by atoms with Crippen LogP contribution in [-0.4, -0.2) is 41.1 Å². The zero-order valence-corrected chi connectivity index (χ0v) is 11.4. The molecule has 5 nitrogen and oxygen atoms in total. The van der Waals surface area contributed by atoms with Crippen LogP contribution in [0.25, 0.3) is 0 Å². The average molecular weight is 287 g/mol. The maximum Gasteiger partial charge on any atom is 0.330 e. The molecule has 0 radical (unpaired) electrons. The highest BCUT2D eigenvalue weighted by Gasteiger charge is 2.43. The van der Waals surface area contributed by atoms with Gasteiger partial charge in [-0.25, -0.2) is 4.79 Å². The van der Waals surface area contributed by atoms with Crippen LogP contribution in [0.3, 0.4) is 0 Å². The molecule has 1 aromatic rings. The first-order valence-electron chi connectivity index (χ1n) is 5.34. The number of carboxylic acids is 1. The second-order valence-electron chi connectivity index (χ2n) is 3.96. The van der Waals surface area contributed by atoms with Crippen molar-refractivity contribution in [3.63, 3.8) is 0 Å². The Balaban J connectivity index is 2.18. The van der Waals surface area contributed by atoms with Crippen molar-refractivity contribution in [3.8, 4) is 5.75 Å². The summed E-state index contributed by atoms with van der Waals surface area (Å²) in [5, 5.41) is 13.7. The Kier molecular flexibility index (Phi) is 3.82. The number of ether oxygens (including phenoxy) is 1. The summed E-state index contributed by atoms with van der Waals surface area (Å²) in [5.41, 5.74) is -1.14. The largest absolute Gasteiger partial charge is 0.495 e. The number of carboxylic acid groups (broad SMARTS) is 1. The topological polar surface area (TPSA) is 75.6 Å². The number of carbonyl (C=O) groups excluding carboxylic acids is 1. The first-order chi connectivity index (χ1) is 8.59. The summed E-state index contributed by atoms with van der Waals surface area (Å²) in [5.74, 6) is 0.266. The zero-order chi connectivity index (χ0) is 13.2. The number of amides is 1. The van der Waals surface area contributed by atoms with Crippen LogP contribution in [-0.2, 0) is 4.79 Å². The number of aliphatic carboxylic acids is 1. The van der Waals surface area contributed by atoms with E-state index < -0.39 is 11.5 Å². The Bertz CT molecular complexity index is 465. The van der Waals surface area contributed by atoms with E-state index in [1.807, 2.05) is 0 Å². The van der Waals surface area contributed by atoms with E-state index in [9.17, 15) is 14.7 Å². The summed E-state index contributed by atoms with van der Waals surface area (Å²) < 4.78 is 5.06. The first-order valence-corrected chi connectivity index (χ1v) is 7.37. The van der Waals surface area contributed by atoms with Gasteiger partial charge >= 0.3 is 5.97 Å². The Labute approximate surface area is 113 Å². The van der Waals surface area contributed by atoms with Crippen LogP contribution in [0.1, 0.15) is 16.1 Å². The molecule has 98 valence electrons. The van der Waals surface area contributed by atoms with Crippen molar-refractivity contribution in [1.82, 2.24) is 5.32 Å². The lowest BCUT2D eigenvalue weighted by Gasteiger charge is -2.24. The van der Waals surface area contributed by atoms with E-state index in [-0.39, 0.29) is 5.91 Å². The molecule has 0 spiro atoms. The molecule has 0 unspecified atom stereocenters. The molecule has 1 saturated heterocycles. The molecule has 2 heterocycles. The lowest BCUT2D eigenvalue weighted by atomic mass is 9.99. The zero-order valence-electron chi connectivity index (χ0n) is 9.76. The highest BCUT2D eigenvalue weighted by Crippen LogP contribution is 2.30. The number of methoxy groups -OCH3 is 1. The van der Waals surface area contributed by atoms with Gasteiger partial charge in [-0.2, -0.15) is 11.8 Å². The van der Waals surface area contributed by atoms with Crippen molar-refractivity contribution in [3.05, 3.63) is 16.3 Å². The summed E-state index contributed by atoms with van der Waals surface area (Å²) in [6, 6.07) is 1.69. The lowest BCUT2D eigenvalue weighted by Crippen LogP contribution is -2.54. The fourth-order valence-corrected chi connectivity index (χ4v) is 3.86. The molecule has 2 rings (SSSR count). The molecule has 0 saturated carbocycles. The van der Waals surface area contributed by atoms with Crippen LogP contribution in [0.4, 0.5) is 0 Å². The molecular formula is C11H13NO4S2. The van der Waals surface area contributed by atoms with E-state index in [0.29, 0.717) is 22.8 Å². The molecule has 0 bridgehead atoms. The Hall–Kier alpha value is -1.21. The smallest absolute Gasteiger partial charge is 0.330 e. The number of hydrogen-bond donors (Lipinski definition) is 2. The third-order valence-electron chi connectivity index (χ3n) is 2.84. The normalized spacial score (nSPS) is 22.7. The van der Waals surface area contributed by atoms with Crippen molar-refractivity contribution in [2.75, 3.05) is 18.6 Å². The van der Waals surface area contributed by atoms with Crippen LogP contribution in [0.15, 0.2) is 11.4 Å². The van der Waals surface area contributed by atoms with E-state index in [0.717, 1.165) is 5.75 Å². The Morgan fingerprint density at radius 2 is 2.33 bits per heavy atom. The predicted molar refractivity (Wildman–Crippen MR) is 70.6 cm³/mol. The number of carbonyl (C=O) groups is 2. The summed E-state index contributed by atoms with van der Waals surface area (Å²) >= 11 is 2.77. The number of hydrogen-bond acceptors (Lipinski definition) is 5. The Morgan fingerprint density at radius 3 is 2.89 bits per heavy atom. The van der Waals surface area contributed by atoms with Gasteiger partial charge in [-0.3, -0.25) is 4.79 Å². The van der Waals surface area contributed by atoms with Gasteiger partial charge in [-0.15, -0.1) is 11.3 Å². The number of rotatable bonds is 4. The standard InChI is InChI=1S/C11H13NO4S2/c1-16-7-2-4-18-8(7)9(13)12-11(10(14)15)3-5-17-6-11/h2,4H,3,5-6H2,1H3,(H,12,13)(H,14,15)/t11-/m0/s1. The van der Waals surface area contributed by atoms with Gasteiger partial charge in [0.05, 0.1) is 7.11 Å². The molecule has 1 aromatic heterocycles. The van der Waals surface area contributed by atoms with E-state index in [1.165, 1.54) is 30.2 Å². The van der Waals surface area contributed by atoms with Crippen LogP contribution in [0, 0.1) is 0 Å². The van der Waals surface area contributed by atoms with Crippen molar-refractivity contribution in [1.29, 1.82) is 0 Å². The highest BCUT2D eigenvalue weighted by atomic mass is 32.2. The van der Waals surface area contributed by atoms with Gasteiger partial charge in [0.1, 0.15) is 16.2 Å². The minimum atomic E-state index is -1.14. The quantitative estimate of drug-likeness (QED) is 0.876. The predicted octanol–water partition coefficient (Wildman–Crippen LogP) is 1.45. The minimum Gasteiger partial charge on any atom is -0.495 e. The lowest BCUT2D eigenvalue weighted by molar-refractivity contribution is -0.143. The minimum absolute atomic E-state index is 0.383. The van der Waals surface area contributed by atoms with Gasteiger partial charge in [-0.1, -0.05) is 0 Å². The monoisotopic (exact) mass is 287 g/mol. The van der Waals surface area contributed by atoms with Gasteiger partial charge in [0.25, 0.3) is 5.91 Å². The molecule has 1 aliphatic heterocycles. The second kappa shape index (κ2) is 5.19. The fraction of sp³-hybridized carbons (Fsp3) is 0.455. The van der Waals surface area contributed by atoms with Crippen molar-refractivity contribution < 1.29 is 19.4 Å². The summed E-state index contributed by atoms with van der Waals surface area (Å²) in [4.78, 5) is 23.8. The third-order valence-corrected chi connectivity index (χ3v) is 4.92. The molecule has 1 aliphatic rings. The van der Waals surface area contributed by atoms with E-state index in [2.05, 4.69) is 5.32 Å². The van der Waals surface area contributed by atoms with Crippen LogP contribution < -0.4 is 10.1 Å². The molecule has 0 aromatic carbocycles. The number of thiophene rings is 1. The molecule has 18 heavy (non-hydrogen) atoms. The molecular weight excluding hydrogens is 274 g/mol. The summed E-state index contributed by atoms with van der Waals surface area (Å²) in [6.45, 7) is 0. The van der Waals surface area contributed by atoms with E-state index in [1.54, 1.807) is 11.4 Å². The summed E-state index contributed by atoms with van der Waals surface area (Å²) in [7, 11) is 1.48. The van der Waals surface area contributed by atoms with Gasteiger partial charge in [0.15, 0.2) is 0 Å². The molecule has 1 atom stereocenters. The average Bonchev–Trinajstić information content (AvgIpc) is 2.97. The molecule has 1 fully saturated rings. The molecule has 1 amide bonds. The van der Waals surface area contributed by atoms with Crippen LogP contribution in [0.5, 0.6) is 5.75 Å². The van der Waals surface area contributed by atoms with Gasteiger partial charge in [-0.05, 0) is 23.6 Å². The molecule has 0 aliphatic carbocycles. The SMILES string of the molecule is COc1ccsc1C(=O)N[C@@]1(C(=O)O)CCSC1. The fourth-order valence-electron chi connectivity index (χ4n) is 1.78. The van der Waals surface area contributed by atoms with E-state index >= 15 is 0 Å². The maximum atomic E-state index is 12.1. The number of nitrogens with one attached hydrogen (secondary N) is 1. The van der Waals surface area contributed by atoms with E-state index in [4.69, 9.17) is 4.74 Å². The van der Waals surface area contributed by atoms with Crippen molar-refractivity contribution in [2.24, 2.45) is 0 Å². The van der Waals surface area contributed by atoms with Crippen LogP contribution >= 0.6 is 23.1 Å². The van der Waals surface area contributed by atoms with Gasteiger partial charge in [0, 0.05) is 5.75 Å². The van der Waals surface area contributed by atoms with Crippen molar-refractivity contribution in [2.45, 2.75) is 12.0 Å². The maximum absolute atomic E-state index is 12.1. The van der Waals surface area contributed by atoms with Gasteiger partial charge in [0.2, 0.25) is 0 Å². The first kappa shape index (κ1) is 13.2. The second-order valence-corrected chi connectivity index (χ2v) is 5.98. The van der Waals surface area contributed by atoms with Gasteiger partial charge < -0.3 is 15.2 Å². The van der Waals surface area contributed by atoms with Crippen molar-refractivity contribution >= 4 is 35.0 Å². The highest BCUT2D eigenvalue weighted by molar-refractivity contribution is 7.99. The molecule has 2 N–H and O–H groups in total. The number of thioether (sulfide) groups is 1. The Morgan fingerprint density at radius 1 is 1.56 bits per heavy atom. The van der Waals surface area contributed by atoms with Crippen LogP contribution in [0.2, 0.25) is 0 Å². The summed E-state index contributed by atoms with van der Waals surface area (Å²) in [6.07, 6.45) is 0.451.